The Morgan fingerprint density at radius 1 is 1.53 bits per heavy atom. The molecule has 1 aromatic carbocycles. The molecule has 0 amide bonds. The molecule has 0 spiro atoms. The Morgan fingerprint density at radius 2 is 2.29 bits per heavy atom. The van der Waals surface area contributed by atoms with E-state index in [1.54, 1.807) is 12.1 Å². The first-order valence-electron chi connectivity index (χ1n) is 6.18. The molecule has 0 bridgehead atoms. The van der Waals surface area contributed by atoms with Crippen LogP contribution in [0.1, 0.15) is 31.7 Å². The van der Waals surface area contributed by atoms with E-state index in [1.807, 2.05) is 0 Å². The summed E-state index contributed by atoms with van der Waals surface area (Å²) in [5, 5.41) is 0. The van der Waals surface area contributed by atoms with Gasteiger partial charge in [-0.3, -0.25) is 0 Å². The topological polar surface area (TPSA) is 9.23 Å². The molecule has 1 fully saturated rings. The lowest BCUT2D eigenvalue weighted by Crippen LogP contribution is -2.23. The fourth-order valence-electron chi connectivity index (χ4n) is 2.78. The van der Waals surface area contributed by atoms with Gasteiger partial charge in [0.2, 0.25) is 0 Å². The van der Waals surface area contributed by atoms with Gasteiger partial charge in [-0.2, -0.15) is 0 Å². The second kappa shape index (κ2) is 3.98. The van der Waals surface area contributed by atoms with Crippen LogP contribution in [0.25, 0.3) is 0 Å². The average Bonchev–Trinajstić information content (AvgIpc) is 2.93. The monoisotopic (exact) mass is 298 g/mol. The second-order valence-electron chi connectivity index (χ2n) is 5.38. The Morgan fingerprint density at radius 3 is 2.94 bits per heavy atom. The predicted molar refractivity (Wildman–Crippen MR) is 69.2 cm³/mol. The fraction of sp³-hybridized carbons (Fsp3) is 0.571. The van der Waals surface area contributed by atoms with E-state index in [4.69, 9.17) is 4.74 Å². The highest BCUT2D eigenvalue weighted by Gasteiger charge is 2.48. The maximum atomic E-state index is 13.1. The van der Waals surface area contributed by atoms with E-state index >= 15 is 0 Å². The van der Waals surface area contributed by atoms with Crippen LogP contribution in [0.2, 0.25) is 0 Å². The van der Waals surface area contributed by atoms with Crippen LogP contribution in [0, 0.1) is 11.2 Å². The number of halogens is 2. The van der Waals surface area contributed by atoms with Crippen molar-refractivity contribution in [3.8, 4) is 5.75 Å². The smallest absolute Gasteiger partial charge is 0.123 e. The van der Waals surface area contributed by atoms with Crippen LogP contribution in [0.15, 0.2) is 18.2 Å². The Bertz CT molecular complexity index is 440. The maximum Gasteiger partial charge on any atom is 0.123 e. The van der Waals surface area contributed by atoms with E-state index in [1.165, 1.54) is 18.9 Å². The molecule has 2 unspecified atom stereocenters. The van der Waals surface area contributed by atoms with Crippen LogP contribution in [-0.2, 0) is 6.42 Å². The van der Waals surface area contributed by atoms with Gasteiger partial charge in [0.1, 0.15) is 17.7 Å². The molecule has 0 radical (unpaired) electrons. The molecule has 1 aromatic rings. The summed E-state index contributed by atoms with van der Waals surface area (Å²) in [4.78, 5) is 0.541. The van der Waals surface area contributed by atoms with Gasteiger partial charge in [-0.05, 0) is 42.9 Å². The first-order chi connectivity index (χ1) is 8.09. The molecule has 3 rings (SSSR count). The van der Waals surface area contributed by atoms with Crippen molar-refractivity contribution in [1.29, 1.82) is 0 Å². The van der Waals surface area contributed by atoms with E-state index in [9.17, 15) is 4.39 Å². The molecule has 1 saturated carbocycles. The molecule has 1 aliphatic carbocycles. The molecule has 2 aliphatic rings. The third-order valence-electron chi connectivity index (χ3n) is 4.13. The number of benzene rings is 1. The minimum Gasteiger partial charge on any atom is -0.490 e. The molecule has 0 aromatic heterocycles. The molecule has 1 aliphatic heterocycles. The van der Waals surface area contributed by atoms with Crippen LogP contribution in [0.5, 0.6) is 5.75 Å². The van der Waals surface area contributed by atoms with E-state index in [0.717, 1.165) is 24.2 Å². The normalized spacial score (nSPS) is 26.2. The summed E-state index contributed by atoms with van der Waals surface area (Å²) in [6.07, 6.45) is 4.73. The third kappa shape index (κ3) is 2.10. The van der Waals surface area contributed by atoms with Gasteiger partial charge < -0.3 is 4.74 Å². The van der Waals surface area contributed by atoms with Crippen molar-refractivity contribution in [2.45, 2.75) is 43.5 Å². The van der Waals surface area contributed by atoms with Gasteiger partial charge in [-0.1, -0.05) is 22.9 Å². The molecule has 1 heterocycles. The number of alkyl halides is 1. The molecule has 0 saturated heterocycles. The van der Waals surface area contributed by atoms with Gasteiger partial charge in [-0.15, -0.1) is 0 Å². The lowest BCUT2D eigenvalue weighted by molar-refractivity contribution is 0.186. The van der Waals surface area contributed by atoms with Gasteiger partial charge >= 0.3 is 0 Å². The summed E-state index contributed by atoms with van der Waals surface area (Å²) in [7, 11) is 0. The summed E-state index contributed by atoms with van der Waals surface area (Å²) in [5.41, 5.74) is 1.44. The number of fused-ring (bicyclic) bond motifs is 1. The molecular weight excluding hydrogens is 283 g/mol. The number of hydrogen-bond donors (Lipinski definition) is 0. The molecular formula is C14H16BrFO. The largest absolute Gasteiger partial charge is 0.490 e. The average molecular weight is 299 g/mol. The van der Waals surface area contributed by atoms with Crippen molar-refractivity contribution in [1.82, 2.24) is 0 Å². The Kier molecular flexibility index (Phi) is 2.69. The summed E-state index contributed by atoms with van der Waals surface area (Å²) >= 11 is 3.70. The van der Waals surface area contributed by atoms with Gasteiger partial charge in [0, 0.05) is 16.8 Å². The molecule has 0 N–H and O–H groups in total. The van der Waals surface area contributed by atoms with Crippen molar-refractivity contribution >= 4 is 15.9 Å². The summed E-state index contributed by atoms with van der Waals surface area (Å²) in [6, 6.07) is 4.83. The Balaban J connectivity index is 1.70. The van der Waals surface area contributed by atoms with Crippen LogP contribution >= 0.6 is 15.9 Å². The first kappa shape index (κ1) is 11.5. The van der Waals surface area contributed by atoms with E-state index < -0.39 is 0 Å². The number of rotatable bonds is 3. The zero-order valence-electron chi connectivity index (χ0n) is 9.88. The van der Waals surface area contributed by atoms with E-state index in [0.29, 0.717) is 10.2 Å². The van der Waals surface area contributed by atoms with Gasteiger partial charge in [0.15, 0.2) is 0 Å². The number of ether oxygens (including phenoxy) is 1. The van der Waals surface area contributed by atoms with Crippen molar-refractivity contribution in [2.24, 2.45) is 5.41 Å². The van der Waals surface area contributed by atoms with Crippen molar-refractivity contribution in [3.05, 3.63) is 29.6 Å². The molecule has 3 heteroatoms. The van der Waals surface area contributed by atoms with Crippen molar-refractivity contribution in [2.75, 3.05) is 0 Å². The van der Waals surface area contributed by atoms with E-state index in [2.05, 4.69) is 22.9 Å². The third-order valence-corrected chi connectivity index (χ3v) is 5.11. The highest BCUT2D eigenvalue weighted by Crippen LogP contribution is 2.56. The fourth-order valence-corrected chi connectivity index (χ4v) is 3.43. The standard InChI is InChI=1S/C14H16BrFO/c1-9(15)14(4-5-14)8-12-7-10-6-11(16)2-3-13(10)17-12/h2-3,6,9,12H,4-5,7-8H2,1H3. The van der Waals surface area contributed by atoms with Gasteiger partial charge in [-0.25, -0.2) is 4.39 Å². The molecule has 2 atom stereocenters. The SMILES string of the molecule is CC(Br)C1(CC2Cc3cc(F)ccc3O2)CC1. The zero-order valence-corrected chi connectivity index (χ0v) is 11.5. The minimum atomic E-state index is -0.164. The van der Waals surface area contributed by atoms with Crippen LogP contribution in [0.4, 0.5) is 4.39 Å². The van der Waals surface area contributed by atoms with Crippen molar-refractivity contribution < 1.29 is 9.13 Å². The molecule has 92 valence electrons. The lowest BCUT2D eigenvalue weighted by atomic mass is 9.93. The van der Waals surface area contributed by atoms with Crippen LogP contribution in [0.3, 0.4) is 0 Å². The predicted octanol–water partition coefficient (Wildman–Crippen LogP) is 4.08. The summed E-state index contributed by atoms with van der Waals surface area (Å²) in [5.74, 6) is 0.706. The van der Waals surface area contributed by atoms with E-state index in [-0.39, 0.29) is 11.9 Å². The first-order valence-corrected chi connectivity index (χ1v) is 7.10. The van der Waals surface area contributed by atoms with Gasteiger partial charge in [0.25, 0.3) is 0 Å². The number of hydrogen-bond acceptors (Lipinski definition) is 1. The molecule has 1 nitrogen and oxygen atoms in total. The lowest BCUT2D eigenvalue weighted by Gasteiger charge is -2.21. The highest BCUT2D eigenvalue weighted by atomic mass is 79.9. The van der Waals surface area contributed by atoms with Crippen LogP contribution < -0.4 is 4.74 Å². The summed E-state index contributed by atoms with van der Waals surface area (Å²) in [6.45, 7) is 2.22. The quantitative estimate of drug-likeness (QED) is 0.764. The molecule has 17 heavy (non-hydrogen) atoms. The maximum absolute atomic E-state index is 13.1. The Labute approximate surface area is 109 Å². The highest BCUT2D eigenvalue weighted by molar-refractivity contribution is 9.09. The Hall–Kier alpha value is -0.570. The minimum absolute atomic E-state index is 0.164. The summed E-state index contributed by atoms with van der Waals surface area (Å²) < 4.78 is 19.0. The second-order valence-corrected chi connectivity index (χ2v) is 6.75. The zero-order chi connectivity index (χ0) is 12.0. The van der Waals surface area contributed by atoms with Crippen LogP contribution in [-0.4, -0.2) is 10.9 Å². The van der Waals surface area contributed by atoms with Crippen molar-refractivity contribution in [3.63, 3.8) is 0 Å². The van der Waals surface area contributed by atoms with Gasteiger partial charge in [0.05, 0.1) is 0 Å².